The number of carbonyl (C=O) groups excluding carboxylic acids is 2. The van der Waals surface area contributed by atoms with Crippen LogP contribution in [0.15, 0.2) is 24.3 Å². The smallest absolute Gasteiger partial charge is 0.253 e. The van der Waals surface area contributed by atoms with Gasteiger partial charge in [-0.15, -0.1) is 0 Å². The highest BCUT2D eigenvalue weighted by atomic mass is 16.5. The molecule has 120 valence electrons. The van der Waals surface area contributed by atoms with Gasteiger partial charge >= 0.3 is 0 Å². The lowest BCUT2D eigenvalue weighted by Crippen LogP contribution is -2.35. The number of carbonyl (C=O) groups is 2. The molecule has 1 aliphatic rings. The van der Waals surface area contributed by atoms with Crippen molar-refractivity contribution >= 4 is 17.5 Å². The third-order valence-corrected chi connectivity index (χ3v) is 3.52. The van der Waals surface area contributed by atoms with Gasteiger partial charge in [-0.25, -0.2) is 0 Å². The number of rotatable bonds is 6. The number of hydrogen-bond donors (Lipinski definition) is 2. The van der Waals surface area contributed by atoms with E-state index in [0.717, 1.165) is 25.1 Å². The van der Waals surface area contributed by atoms with Crippen LogP contribution < -0.4 is 10.6 Å². The quantitative estimate of drug-likeness (QED) is 0.825. The molecule has 0 bridgehead atoms. The Balaban J connectivity index is 1.79. The summed E-state index contributed by atoms with van der Waals surface area (Å²) in [7, 11) is 3.42. The molecule has 6 nitrogen and oxygen atoms in total. The fourth-order valence-electron chi connectivity index (χ4n) is 2.30. The molecule has 1 heterocycles. The number of benzene rings is 1. The van der Waals surface area contributed by atoms with Crippen LogP contribution in [0.1, 0.15) is 23.2 Å². The largest absolute Gasteiger partial charge is 0.376 e. The lowest BCUT2D eigenvalue weighted by molar-refractivity contribution is -0.119. The van der Waals surface area contributed by atoms with E-state index in [0.29, 0.717) is 12.1 Å². The first-order chi connectivity index (χ1) is 10.6. The Labute approximate surface area is 130 Å². The average Bonchev–Trinajstić information content (AvgIpc) is 3.03. The van der Waals surface area contributed by atoms with Crippen LogP contribution in [-0.4, -0.2) is 56.6 Å². The van der Waals surface area contributed by atoms with E-state index in [2.05, 4.69) is 10.6 Å². The maximum absolute atomic E-state index is 11.9. The first-order valence-corrected chi connectivity index (χ1v) is 7.50. The van der Waals surface area contributed by atoms with Crippen molar-refractivity contribution in [3.63, 3.8) is 0 Å². The molecule has 1 aliphatic heterocycles. The standard InChI is InChI=1S/C16H23N3O3/c1-19(2)16(21)12-5-3-6-13(9-12)17-11-15(20)18-10-14-7-4-8-22-14/h3,5-6,9,14,17H,4,7-8,10-11H2,1-2H3,(H,18,20). The van der Waals surface area contributed by atoms with Gasteiger partial charge in [0.25, 0.3) is 5.91 Å². The Morgan fingerprint density at radius 1 is 1.36 bits per heavy atom. The van der Waals surface area contributed by atoms with Gasteiger partial charge in [-0.1, -0.05) is 6.07 Å². The molecule has 0 spiro atoms. The number of amides is 2. The molecule has 0 aromatic heterocycles. The number of nitrogens with one attached hydrogen (secondary N) is 2. The van der Waals surface area contributed by atoms with Crippen molar-refractivity contribution in [2.45, 2.75) is 18.9 Å². The van der Waals surface area contributed by atoms with Crippen LogP contribution in [0.4, 0.5) is 5.69 Å². The molecule has 1 unspecified atom stereocenters. The second kappa shape index (κ2) is 7.79. The zero-order chi connectivity index (χ0) is 15.9. The van der Waals surface area contributed by atoms with Crippen LogP contribution in [0.25, 0.3) is 0 Å². The van der Waals surface area contributed by atoms with Gasteiger partial charge in [-0.05, 0) is 31.0 Å². The number of hydrogen-bond acceptors (Lipinski definition) is 4. The van der Waals surface area contributed by atoms with Crippen LogP contribution in [0, 0.1) is 0 Å². The average molecular weight is 305 g/mol. The maximum Gasteiger partial charge on any atom is 0.253 e. The highest BCUT2D eigenvalue weighted by Crippen LogP contribution is 2.12. The highest BCUT2D eigenvalue weighted by Gasteiger charge is 2.16. The summed E-state index contributed by atoms with van der Waals surface area (Å²) in [6.07, 6.45) is 2.21. The van der Waals surface area contributed by atoms with Gasteiger partial charge in [0.15, 0.2) is 0 Å². The lowest BCUT2D eigenvalue weighted by atomic mass is 10.2. The maximum atomic E-state index is 11.9. The third kappa shape index (κ3) is 4.73. The van der Waals surface area contributed by atoms with Crippen molar-refractivity contribution < 1.29 is 14.3 Å². The number of nitrogens with zero attached hydrogens (tertiary/aromatic N) is 1. The minimum Gasteiger partial charge on any atom is -0.376 e. The molecule has 1 aromatic rings. The minimum absolute atomic E-state index is 0.0634. The summed E-state index contributed by atoms with van der Waals surface area (Å²) in [5, 5.41) is 5.88. The van der Waals surface area contributed by atoms with E-state index in [1.807, 2.05) is 6.07 Å². The van der Waals surface area contributed by atoms with Gasteiger partial charge in [0.05, 0.1) is 12.6 Å². The molecule has 2 amide bonds. The second-order valence-electron chi connectivity index (χ2n) is 5.57. The second-order valence-corrected chi connectivity index (χ2v) is 5.57. The molecule has 1 fully saturated rings. The van der Waals surface area contributed by atoms with E-state index in [1.54, 1.807) is 32.3 Å². The molecule has 0 saturated carbocycles. The molecule has 2 rings (SSSR count). The topological polar surface area (TPSA) is 70.7 Å². The van der Waals surface area contributed by atoms with Crippen molar-refractivity contribution in [1.29, 1.82) is 0 Å². The van der Waals surface area contributed by atoms with E-state index in [9.17, 15) is 9.59 Å². The van der Waals surface area contributed by atoms with Crippen LogP contribution in [-0.2, 0) is 9.53 Å². The van der Waals surface area contributed by atoms with Gasteiger partial charge in [0, 0.05) is 38.5 Å². The van der Waals surface area contributed by atoms with Crippen LogP contribution in [0.3, 0.4) is 0 Å². The Kier molecular flexibility index (Phi) is 5.77. The summed E-state index contributed by atoms with van der Waals surface area (Å²) in [6, 6.07) is 7.13. The van der Waals surface area contributed by atoms with E-state index >= 15 is 0 Å². The predicted octanol–water partition coefficient (Wildman–Crippen LogP) is 1.10. The Morgan fingerprint density at radius 3 is 2.86 bits per heavy atom. The Bertz CT molecular complexity index is 525. The predicted molar refractivity (Wildman–Crippen MR) is 84.9 cm³/mol. The van der Waals surface area contributed by atoms with Crippen molar-refractivity contribution in [2.24, 2.45) is 0 Å². The van der Waals surface area contributed by atoms with Crippen LogP contribution >= 0.6 is 0 Å². The Morgan fingerprint density at radius 2 is 2.18 bits per heavy atom. The highest BCUT2D eigenvalue weighted by molar-refractivity contribution is 5.95. The molecule has 0 radical (unpaired) electrons. The number of ether oxygens (including phenoxy) is 1. The molecule has 22 heavy (non-hydrogen) atoms. The zero-order valence-corrected chi connectivity index (χ0v) is 13.1. The van der Waals surface area contributed by atoms with E-state index < -0.39 is 0 Å². The normalized spacial score (nSPS) is 17.1. The van der Waals surface area contributed by atoms with Crippen LogP contribution in [0.2, 0.25) is 0 Å². The van der Waals surface area contributed by atoms with Crippen molar-refractivity contribution in [1.82, 2.24) is 10.2 Å². The molecule has 1 saturated heterocycles. The number of anilines is 1. The Hall–Kier alpha value is -2.08. The molecule has 1 aromatic carbocycles. The van der Waals surface area contributed by atoms with E-state index in [-0.39, 0.29) is 24.5 Å². The van der Waals surface area contributed by atoms with Crippen LogP contribution in [0.5, 0.6) is 0 Å². The molecule has 0 aliphatic carbocycles. The first-order valence-electron chi connectivity index (χ1n) is 7.50. The fourth-order valence-corrected chi connectivity index (χ4v) is 2.30. The van der Waals surface area contributed by atoms with Crippen molar-refractivity contribution in [3.8, 4) is 0 Å². The summed E-state index contributed by atoms with van der Waals surface area (Å²) < 4.78 is 5.45. The van der Waals surface area contributed by atoms with Gasteiger partial charge < -0.3 is 20.3 Å². The first kappa shape index (κ1) is 16.3. The fraction of sp³-hybridized carbons (Fsp3) is 0.500. The molecular formula is C16H23N3O3. The summed E-state index contributed by atoms with van der Waals surface area (Å²) >= 11 is 0. The van der Waals surface area contributed by atoms with E-state index in [4.69, 9.17) is 4.74 Å². The van der Waals surface area contributed by atoms with Gasteiger partial charge in [-0.2, -0.15) is 0 Å². The van der Waals surface area contributed by atoms with E-state index in [1.165, 1.54) is 4.90 Å². The molecule has 2 N–H and O–H groups in total. The summed E-state index contributed by atoms with van der Waals surface area (Å²) in [6.45, 7) is 1.51. The molecule has 6 heteroatoms. The monoisotopic (exact) mass is 305 g/mol. The third-order valence-electron chi connectivity index (χ3n) is 3.52. The minimum atomic E-state index is -0.0835. The molecule has 1 atom stereocenters. The SMILES string of the molecule is CN(C)C(=O)c1cccc(NCC(=O)NCC2CCCO2)c1. The van der Waals surface area contributed by atoms with Crippen molar-refractivity contribution in [2.75, 3.05) is 39.1 Å². The summed E-state index contributed by atoms with van der Waals surface area (Å²) in [4.78, 5) is 25.2. The van der Waals surface area contributed by atoms with Gasteiger partial charge in [0.1, 0.15) is 0 Å². The molecular weight excluding hydrogens is 282 g/mol. The van der Waals surface area contributed by atoms with Gasteiger partial charge in [-0.3, -0.25) is 9.59 Å². The summed E-state index contributed by atoms with van der Waals surface area (Å²) in [5.41, 5.74) is 1.34. The zero-order valence-electron chi connectivity index (χ0n) is 13.1. The lowest BCUT2D eigenvalue weighted by Gasteiger charge is -2.13. The summed E-state index contributed by atoms with van der Waals surface area (Å²) in [5.74, 6) is -0.147. The van der Waals surface area contributed by atoms with Crippen molar-refractivity contribution in [3.05, 3.63) is 29.8 Å². The van der Waals surface area contributed by atoms with Gasteiger partial charge in [0.2, 0.25) is 5.91 Å².